The summed E-state index contributed by atoms with van der Waals surface area (Å²) in [7, 11) is 1.82. The minimum atomic E-state index is -0.157. The molecule has 1 unspecified atom stereocenters. The van der Waals surface area contributed by atoms with Gasteiger partial charge in [-0.25, -0.2) is 4.98 Å². The van der Waals surface area contributed by atoms with Crippen molar-refractivity contribution in [2.75, 3.05) is 19.8 Å². The molecule has 0 aromatic carbocycles. The maximum Gasteiger partial charge on any atom is 0.290 e. The molecule has 2 aliphatic heterocycles. The zero-order valence-electron chi connectivity index (χ0n) is 13.7. The quantitative estimate of drug-likeness (QED) is 0.850. The van der Waals surface area contributed by atoms with Crippen LogP contribution in [-0.2, 0) is 11.8 Å². The Morgan fingerprint density at radius 2 is 2.12 bits per heavy atom. The topological polar surface area (TPSA) is 86.3 Å². The van der Waals surface area contributed by atoms with Gasteiger partial charge < -0.3 is 18.7 Å². The van der Waals surface area contributed by atoms with Crippen LogP contribution in [-0.4, -0.2) is 50.3 Å². The first-order valence-electron chi connectivity index (χ1n) is 8.43. The highest BCUT2D eigenvalue weighted by atomic mass is 16.5. The van der Waals surface area contributed by atoms with E-state index in [4.69, 9.17) is 9.26 Å². The van der Waals surface area contributed by atoms with Crippen molar-refractivity contribution in [3.05, 3.63) is 29.9 Å². The van der Waals surface area contributed by atoms with Crippen molar-refractivity contribution in [3.63, 3.8) is 0 Å². The van der Waals surface area contributed by atoms with Gasteiger partial charge in [0.05, 0.1) is 0 Å². The summed E-state index contributed by atoms with van der Waals surface area (Å²) in [5.74, 6) is 1.92. The number of carbonyl (C=O) groups excluding carboxylic acids is 1. The zero-order chi connectivity index (χ0) is 16.5. The molecule has 2 fully saturated rings. The molecule has 1 atom stereocenters. The monoisotopic (exact) mass is 331 g/mol. The molecule has 8 nitrogen and oxygen atoms in total. The summed E-state index contributed by atoms with van der Waals surface area (Å²) in [6, 6.07) is -0.157. The summed E-state index contributed by atoms with van der Waals surface area (Å²) in [6.45, 7) is 2.16. The summed E-state index contributed by atoms with van der Waals surface area (Å²) in [5.41, 5.74) is 0. The second-order valence-electron chi connectivity index (χ2n) is 6.40. The van der Waals surface area contributed by atoms with Crippen molar-refractivity contribution in [2.45, 2.75) is 37.6 Å². The predicted molar refractivity (Wildman–Crippen MR) is 83.3 cm³/mol. The van der Waals surface area contributed by atoms with Gasteiger partial charge in [-0.2, -0.15) is 4.98 Å². The molecule has 0 bridgehead atoms. The Hall–Kier alpha value is -2.22. The van der Waals surface area contributed by atoms with Gasteiger partial charge in [-0.1, -0.05) is 5.16 Å². The van der Waals surface area contributed by atoms with Gasteiger partial charge in [0.2, 0.25) is 5.89 Å². The first-order chi connectivity index (χ1) is 11.7. The van der Waals surface area contributed by atoms with Crippen LogP contribution in [0.15, 0.2) is 16.9 Å². The first kappa shape index (κ1) is 15.3. The summed E-state index contributed by atoms with van der Waals surface area (Å²) < 4.78 is 12.6. The highest BCUT2D eigenvalue weighted by molar-refractivity contribution is 5.91. The van der Waals surface area contributed by atoms with Gasteiger partial charge in [-0.3, -0.25) is 4.79 Å². The maximum atomic E-state index is 12.8. The summed E-state index contributed by atoms with van der Waals surface area (Å²) in [5, 5.41) is 4.16. The zero-order valence-corrected chi connectivity index (χ0v) is 13.7. The minimum Gasteiger partial charge on any atom is -0.381 e. The highest BCUT2D eigenvalue weighted by Gasteiger charge is 2.36. The van der Waals surface area contributed by atoms with Crippen LogP contribution in [0.2, 0.25) is 0 Å². The molecule has 0 spiro atoms. The van der Waals surface area contributed by atoms with Crippen LogP contribution < -0.4 is 0 Å². The number of likely N-dealkylation sites (tertiary alicyclic amines) is 1. The molecule has 2 aromatic rings. The molecular weight excluding hydrogens is 310 g/mol. The molecule has 0 saturated carbocycles. The molecule has 0 aliphatic carbocycles. The molecule has 4 rings (SSSR count). The van der Waals surface area contributed by atoms with Crippen molar-refractivity contribution in [2.24, 2.45) is 7.05 Å². The van der Waals surface area contributed by atoms with Gasteiger partial charge in [-0.05, 0) is 25.7 Å². The van der Waals surface area contributed by atoms with Gasteiger partial charge >= 0.3 is 0 Å². The average Bonchev–Trinajstić information content (AvgIpc) is 3.35. The second kappa shape index (κ2) is 6.35. The molecule has 2 aromatic heterocycles. The van der Waals surface area contributed by atoms with E-state index in [1.54, 1.807) is 21.9 Å². The number of aryl methyl sites for hydroxylation is 1. The van der Waals surface area contributed by atoms with Crippen molar-refractivity contribution in [1.29, 1.82) is 0 Å². The molecule has 2 aliphatic rings. The third-order valence-corrected chi connectivity index (χ3v) is 4.86. The Morgan fingerprint density at radius 3 is 2.88 bits per heavy atom. The molecular formula is C16H21N5O3. The van der Waals surface area contributed by atoms with E-state index in [-0.39, 0.29) is 17.9 Å². The molecule has 4 heterocycles. The molecule has 2 saturated heterocycles. The van der Waals surface area contributed by atoms with Gasteiger partial charge in [0, 0.05) is 45.1 Å². The molecule has 128 valence electrons. The number of hydrogen-bond donors (Lipinski definition) is 0. The third kappa shape index (κ3) is 2.71. The van der Waals surface area contributed by atoms with Crippen molar-refractivity contribution < 1.29 is 14.1 Å². The van der Waals surface area contributed by atoms with Crippen LogP contribution in [0.4, 0.5) is 0 Å². The number of carbonyl (C=O) groups is 1. The molecule has 0 radical (unpaired) electrons. The second-order valence-corrected chi connectivity index (χ2v) is 6.40. The van der Waals surface area contributed by atoms with Crippen LogP contribution in [0.25, 0.3) is 0 Å². The normalized spacial score (nSPS) is 22.2. The van der Waals surface area contributed by atoms with Gasteiger partial charge in [0.15, 0.2) is 11.6 Å². The Labute approximate surface area is 139 Å². The smallest absolute Gasteiger partial charge is 0.290 e. The lowest BCUT2D eigenvalue weighted by Crippen LogP contribution is -2.32. The first-order valence-corrected chi connectivity index (χ1v) is 8.43. The molecule has 0 N–H and O–H groups in total. The summed E-state index contributed by atoms with van der Waals surface area (Å²) in [6.07, 6.45) is 7.00. The van der Waals surface area contributed by atoms with Crippen LogP contribution in [0.5, 0.6) is 0 Å². The number of hydrogen-bond acceptors (Lipinski definition) is 6. The summed E-state index contributed by atoms with van der Waals surface area (Å²) >= 11 is 0. The summed E-state index contributed by atoms with van der Waals surface area (Å²) in [4.78, 5) is 23.3. The van der Waals surface area contributed by atoms with E-state index in [1.807, 2.05) is 7.05 Å². The largest absolute Gasteiger partial charge is 0.381 e. The van der Waals surface area contributed by atoms with E-state index >= 15 is 0 Å². The Kier molecular flexibility index (Phi) is 4.05. The van der Waals surface area contributed by atoms with Crippen LogP contribution in [0.3, 0.4) is 0 Å². The van der Waals surface area contributed by atoms with Crippen molar-refractivity contribution in [3.8, 4) is 0 Å². The number of amides is 1. The standard InChI is InChI=1S/C16H21N5O3/c1-20-8-6-17-14(20)16(22)21-7-2-3-12(21)15-18-13(19-24-15)11-4-9-23-10-5-11/h6,8,11-12H,2-5,7,9-10H2,1H3. The van der Waals surface area contributed by atoms with E-state index in [2.05, 4.69) is 15.1 Å². The van der Waals surface area contributed by atoms with Crippen LogP contribution in [0, 0.1) is 0 Å². The fourth-order valence-electron chi connectivity index (χ4n) is 3.47. The molecule has 1 amide bonds. The van der Waals surface area contributed by atoms with Crippen LogP contribution >= 0.6 is 0 Å². The number of ether oxygens (including phenoxy) is 1. The van der Waals surface area contributed by atoms with E-state index in [0.29, 0.717) is 18.3 Å². The van der Waals surface area contributed by atoms with Gasteiger partial charge in [0.25, 0.3) is 5.91 Å². The number of imidazole rings is 1. The fraction of sp³-hybridized carbons (Fsp3) is 0.625. The Bertz CT molecular complexity index is 719. The highest BCUT2D eigenvalue weighted by Crippen LogP contribution is 2.33. The van der Waals surface area contributed by atoms with Gasteiger partial charge in [0.1, 0.15) is 6.04 Å². The number of rotatable bonds is 3. The minimum absolute atomic E-state index is 0.0872. The van der Waals surface area contributed by atoms with E-state index < -0.39 is 0 Å². The SMILES string of the molecule is Cn1ccnc1C(=O)N1CCCC1c1nc(C2CCOCC2)no1. The molecule has 24 heavy (non-hydrogen) atoms. The maximum absolute atomic E-state index is 12.8. The van der Waals surface area contributed by atoms with Crippen molar-refractivity contribution in [1.82, 2.24) is 24.6 Å². The van der Waals surface area contributed by atoms with Crippen molar-refractivity contribution >= 4 is 5.91 Å². The fourth-order valence-corrected chi connectivity index (χ4v) is 3.47. The van der Waals surface area contributed by atoms with Crippen LogP contribution in [0.1, 0.15) is 60.0 Å². The predicted octanol–water partition coefficient (Wildman–Crippen LogP) is 1.67. The molecule has 8 heteroatoms. The van der Waals surface area contributed by atoms with E-state index in [1.165, 1.54) is 0 Å². The lowest BCUT2D eigenvalue weighted by molar-refractivity contribution is 0.0693. The third-order valence-electron chi connectivity index (χ3n) is 4.86. The van der Waals surface area contributed by atoms with Gasteiger partial charge in [-0.15, -0.1) is 0 Å². The number of aromatic nitrogens is 4. The lowest BCUT2D eigenvalue weighted by Gasteiger charge is -2.21. The number of nitrogens with zero attached hydrogens (tertiary/aromatic N) is 5. The average molecular weight is 331 g/mol. The Morgan fingerprint density at radius 1 is 1.29 bits per heavy atom. The van der Waals surface area contributed by atoms with E-state index in [9.17, 15) is 4.79 Å². The lowest BCUT2D eigenvalue weighted by atomic mass is 10.00. The Balaban J connectivity index is 1.53. The van der Waals surface area contributed by atoms with E-state index in [0.717, 1.165) is 44.7 Å².